The van der Waals surface area contributed by atoms with Crippen molar-refractivity contribution in [1.29, 1.82) is 0 Å². The minimum absolute atomic E-state index is 0.640. The number of aromatic nitrogens is 2. The Balaban J connectivity index is 1.16. The van der Waals surface area contributed by atoms with E-state index in [1.54, 1.807) is 0 Å². The predicted octanol–water partition coefficient (Wildman–Crippen LogP) is 7.05. The normalized spacial score (nSPS) is 12.5. The molecule has 2 aromatic heterocycles. The smallest absolute Gasteiger partial charge is 0.0456 e. The molecule has 0 saturated heterocycles. The summed E-state index contributed by atoms with van der Waals surface area (Å²) in [6, 6.07) is 32.6. The van der Waals surface area contributed by atoms with E-state index in [9.17, 15) is 0 Å². The van der Waals surface area contributed by atoms with Gasteiger partial charge in [-0.25, -0.2) is 0 Å². The second-order valence-electron chi connectivity index (χ2n) is 9.50. The summed E-state index contributed by atoms with van der Waals surface area (Å²) in [6.07, 6.45) is 6.90. The first-order valence-corrected chi connectivity index (χ1v) is 12.7. The molecule has 1 unspecified atom stereocenters. The van der Waals surface area contributed by atoms with Crippen molar-refractivity contribution >= 4 is 21.8 Å². The van der Waals surface area contributed by atoms with Crippen molar-refractivity contribution in [2.45, 2.75) is 38.5 Å². The first-order valence-electron chi connectivity index (χ1n) is 12.7. The first-order chi connectivity index (χ1) is 16.8. The molecular formula is C31H35N3. The molecule has 0 radical (unpaired) electrons. The van der Waals surface area contributed by atoms with Crippen LogP contribution in [0.5, 0.6) is 0 Å². The van der Waals surface area contributed by atoms with Crippen LogP contribution in [0.4, 0.5) is 0 Å². The summed E-state index contributed by atoms with van der Waals surface area (Å²) in [7, 11) is 0. The van der Waals surface area contributed by atoms with E-state index in [1.807, 2.05) is 0 Å². The van der Waals surface area contributed by atoms with Gasteiger partial charge in [-0.15, -0.1) is 0 Å². The van der Waals surface area contributed by atoms with Gasteiger partial charge in [0.05, 0.1) is 0 Å². The Morgan fingerprint density at radius 3 is 2.00 bits per heavy atom. The lowest BCUT2D eigenvalue weighted by molar-refractivity contribution is 0.427. The van der Waals surface area contributed by atoms with E-state index in [2.05, 4.69) is 106 Å². The summed E-state index contributed by atoms with van der Waals surface area (Å²) in [6.45, 7) is 2.16. The van der Waals surface area contributed by atoms with E-state index in [0.717, 1.165) is 32.4 Å². The Morgan fingerprint density at radius 1 is 0.618 bits per heavy atom. The fourth-order valence-corrected chi connectivity index (χ4v) is 5.02. The van der Waals surface area contributed by atoms with Crippen molar-refractivity contribution in [3.05, 3.63) is 108 Å². The molecule has 0 aliphatic carbocycles. The summed E-state index contributed by atoms with van der Waals surface area (Å²) in [5, 5.41) is 6.32. The van der Waals surface area contributed by atoms with Crippen LogP contribution in [0, 0.1) is 5.92 Å². The molecule has 174 valence electrons. The molecule has 5 rings (SSSR count). The van der Waals surface area contributed by atoms with Gasteiger partial charge >= 0.3 is 0 Å². The third-order valence-corrected chi connectivity index (χ3v) is 6.89. The Kier molecular flexibility index (Phi) is 7.42. The van der Waals surface area contributed by atoms with Crippen molar-refractivity contribution in [1.82, 2.24) is 15.3 Å². The van der Waals surface area contributed by atoms with Gasteiger partial charge in [0.1, 0.15) is 0 Å². The van der Waals surface area contributed by atoms with E-state index >= 15 is 0 Å². The van der Waals surface area contributed by atoms with Gasteiger partial charge in [0, 0.05) is 22.4 Å². The summed E-state index contributed by atoms with van der Waals surface area (Å²) in [5.74, 6) is 0.640. The second-order valence-corrected chi connectivity index (χ2v) is 9.50. The highest BCUT2D eigenvalue weighted by Gasteiger charge is 2.13. The van der Waals surface area contributed by atoms with Crippen LogP contribution in [0.15, 0.2) is 91.0 Å². The Bertz CT molecular complexity index is 1230. The summed E-state index contributed by atoms with van der Waals surface area (Å²) in [4.78, 5) is 7.26. The standard InChI is InChI=1S/C31H35N3/c1-2-9-24(10-3-1)11-8-19-32-20-18-25(21-29-23-27-13-5-7-15-31(27)34-29)16-17-28-22-26-12-4-6-14-30(26)33-28/h1-7,9-10,12-15,22-23,25,32-34H,8,11,16-21H2. The molecule has 1 atom stereocenters. The maximum atomic E-state index is 3.70. The average molecular weight is 450 g/mol. The molecule has 0 bridgehead atoms. The first kappa shape index (κ1) is 22.5. The zero-order valence-electron chi connectivity index (χ0n) is 19.9. The third kappa shape index (κ3) is 5.98. The maximum absolute atomic E-state index is 3.70. The number of para-hydroxylation sites is 2. The fraction of sp³-hybridized carbons (Fsp3) is 0.290. The van der Waals surface area contributed by atoms with Crippen LogP contribution in [-0.4, -0.2) is 23.1 Å². The molecule has 2 heterocycles. The fourth-order valence-electron chi connectivity index (χ4n) is 5.02. The van der Waals surface area contributed by atoms with Crippen LogP contribution in [0.2, 0.25) is 0 Å². The number of fused-ring (bicyclic) bond motifs is 2. The molecule has 3 N–H and O–H groups in total. The lowest BCUT2D eigenvalue weighted by atomic mass is 9.93. The monoisotopic (exact) mass is 449 g/mol. The topological polar surface area (TPSA) is 43.6 Å². The third-order valence-electron chi connectivity index (χ3n) is 6.89. The highest BCUT2D eigenvalue weighted by Crippen LogP contribution is 2.23. The molecule has 0 aliphatic heterocycles. The number of aromatic amines is 2. The minimum atomic E-state index is 0.640. The second kappa shape index (κ2) is 11.2. The molecule has 5 aromatic rings. The van der Waals surface area contributed by atoms with Crippen molar-refractivity contribution < 1.29 is 0 Å². The molecule has 34 heavy (non-hydrogen) atoms. The van der Waals surface area contributed by atoms with E-state index in [1.165, 1.54) is 58.0 Å². The zero-order chi connectivity index (χ0) is 23.0. The van der Waals surface area contributed by atoms with Gasteiger partial charge in [-0.3, -0.25) is 0 Å². The van der Waals surface area contributed by atoms with Gasteiger partial charge < -0.3 is 15.3 Å². The maximum Gasteiger partial charge on any atom is 0.0456 e. The highest BCUT2D eigenvalue weighted by atomic mass is 14.8. The van der Waals surface area contributed by atoms with Gasteiger partial charge in [0.15, 0.2) is 0 Å². The van der Waals surface area contributed by atoms with Crippen LogP contribution in [0.1, 0.15) is 36.2 Å². The molecule has 0 aliphatic rings. The molecule has 3 aromatic carbocycles. The number of rotatable bonds is 12. The van der Waals surface area contributed by atoms with Crippen molar-refractivity contribution in [3.8, 4) is 0 Å². The number of aryl methyl sites for hydroxylation is 2. The van der Waals surface area contributed by atoms with Crippen LogP contribution in [-0.2, 0) is 19.3 Å². The average Bonchev–Trinajstić information content (AvgIpc) is 3.48. The minimum Gasteiger partial charge on any atom is -0.358 e. The molecule has 3 nitrogen and oxygen atoms in total. The van der Waals surface area contributed by atoms with Crippen LogP contribution in [0.3, 0.4) is 0 Å². The van der Waals surface area contributed by atoms with Crippen LogP contribution in [0.25, 0.3) is 21.8 Å². The lowest BCUT2D eigenvalue weighted by Crippen LogP contribution is -2.21. The SMILES string of the molecule is c1ccc(CCCNCCC(CCc2cc3ccccc3[nH]2)Cc2cc3ccccc3[nH]2)cc1. The van der Waals surface area contributed by atoms with Crippen molar-refractivity contribution in [2.75, 3.05) is 13.1 Å². The van der Waals surface area contributed by atoms with Gasteiger partial charge in [0.2, 0.25) is 0 Å². The number of hydrogen-bond acceptors (Lipinski definition) is 1. The largest absolute Gasteiger partial charge is 0.358 e. The van der Waals surface area contributed by atoms with E-state index in [-0.39, 0.29) is 0 Å². The van der Waals surface area contributed by atoms with Gasteiger partial charge in [-0.05, 0) is 98.1 Å². The molecule has 0 amide bonds. The number of nitrogens with one attached hydrogen (secondary N) is 3. The van der Waals surface area contributed by atoms with Gasteiger partial charge in [-0.2, -0.15) is 0 Å². The zero-order valence-corrected chi connectivity index (χ0v) is 19.9. The van der Waals surface area contributed by atoms with Crippen molar-refractivity contribution in [3.63, 3.8) is 0 Å². The Labute approximate surface area is 202 Å². The van der Waals surface area contributed by atoms with E-state index < -0.39 is 0 Å². The number of hydrogen-bond donors (Lipinski definition) is 3. The van der Waals surface area contributed by atoms with E-state index in [0.29, 0.717) is 5.92 Å². The Hall–Kier alpha value is -3.30. The molecule has 0 saturated carbocycles. The highest BCUT2D eigenvalue weighted by molar-refractivity contribution is 5.80. The molecule has 0 fully saturated rings. The number of benzene rings is 3. The molecular weight excluding hydrogens is 414 g/mol. The molecule has 0 spiro atoms. The quantitative estimate of drug-likeness (QED) is 0.176. The van der Waals surface area contributed by atoms with Gasteiger partial charge in [-0.1, -0.05) is 66.7 Å². The van der Waals surface area contributed by atoms with Gasteiger partial charge in [0.25, 0.3) is 0 Å². The van der Waals surface area contributed by atoms with Crippen LogP contribution >= 0.6 is 0 Å². The van der Waals surface area contributed by atoms with Crippen LogP contribution < -0.4 is 5.32 Å². The summed E-state index contributed by atoms with van der Waals surface area (Å²) < 4.78 is 0. The predicted molar refractivity (Wildman–Crippen MR) is 144 cm³/mol. The van der Waals surface area contributed by atoms with Crippen molar-refractivity contribution in [2.24, 2.45) is 5.92 Å². The summed E-state index contributed by atoms with van der Waals surface area (Å²) in [5.41, 5.74) is 6.61. The Morgan fingerprint density at radius 2 is 1.26 bits per heavy atom. The van der Waals surface area contributed by atoms with E-state index in [4.69, 9.17) is 0 Å². The summed E-state index contributed by atoms with van der Waals surface area (Å²) >= 11 is 0. The molecule has 3 heteroatoms. The lowest BCUT2D eigenvalue weighted by Gasteiger charge is -2.16. The number of H-pyrrole nitrogens is 2.